The van der Waals surface area contributed by atoms with Crippen LogP contribution in [-0.4, -0.2) is 22.1 Å². The van der Waals surface area contributed by atoms with Crippen LogP contribution in [0.5, 0.6) is 0 Å². The van der Waals surface area contributed by atoms with Crippen molar-refractivity contribution in [3.63, 3.8) is 0 Å². The third-order valence-electron chi connectivity index (χ3n) is 3.45. The minimum Gasteiger partial charge on any atom is -0.462 e. The van der Waals surface area contributed by atoms with Crippen molar-refractivity contribution >= 4 is 39.1 Å². The molecular weight excluding hydrogens is 355 g/mol. The number of fused-ring (bicyclic) bond motifs is 1. The fraction of sp³-hybridized carbons (Fsp3) is 0.188. The minimum absolute atomic E-state index is 0.0780. The Balaban J connectivity index is 2.10. The molecule has 0 unspecified atom stereocenters. The predicted octanol–water partition coefficient (Wildman–Crippen LogP) is 3.48. The largest absolute Gasteiger partial charge is 0.462 e. The van der Waals surface area contributed by atoms with Crippen LogP contribution >= 0.6 is 22.9 Å². The molecule has 0 saturated carbocycles. The lowest BCUT2D eigenvalue weighted by Crippen LogP contribution is -2.22. The summed E-state index contributed by atoms with van der Waals surface area (Å²) in [7, 11) is 0. The van der Waals surface area contributed by atoms with Gasteiger partial charge in [0.05, 0.1) is 30.4 Å². The standard InChI is InChI=1S/C16H12ClFN2O3S/c1-2-23-16(22)10-7-24-14-13(10)15(21)20(8-19-14)6-9-11(17)4-3-5-12(9)18/h3-5,7-8H,2,6H2,1H3. The van der Waals surface area contributed by atoms with E-state index in [0.29, 0.717) is 4.83 Å². The van der Waals surface area contributed by atoms with Crippen LogP contribution in [0.2, 0.25) is 5.02 Å². The van der Waals surface area contributed by atoms with Crippen molar-refractivity contribution in [2.24, 2.45) is 0 Å². The number of rotatable bonds is 4. The molecule has 0 aliphatic carbocycles. The molecule has 24 heavy (non-hydrogen) atoms. The molecule has 0 N–H and O–H groups in total. The number of nitrogens with zero attached hydrogens (tertiary/aromatic N) is 2. The number of ether oxygens (including phenoxy) is 1. The third kappa shape index (κ3) is 2.92. The Labute approximate surface area is 145 Å². The van der Waals surface area contributed by atoms with Crippen molar-refractivity contribution in [2.45, 2.75) is 13.5 Å². The lowest BCUT2D eigenvalue weighted by Gasteiger charge is -2.08. The van der Waals surface area contributed by atoms with Crippen LogP contribution in [0.25, 0.3) is 10.2 Å². The molecule has 0 amide bonds. The Morgan fingerprint density at radius 1 is 1.46 bits per heavy atom. The summed E-state index contributed by atoms with van der Waals surface area (Å²) in [5, 5.41) is 1.93. The van der Waals surface area contributed by atoms with E-state index < -0.39 is 17.3 Å². The van der Waals surface area contributed by atoms with E-state index in [-0.39, 0.29) is 34.7 Å². The first-order valence-electron chi connectivity index (χ1n) is 7.09. The summed E-state index contributed by atoms with van der Waals surface area (Å²) in [6.07, 6.45) is 1.32. The lowest BCUT2D eigenvalue weighted by molar-refractivity contribution is 0.0529. The number of halogens is 2. The molecular formula is C16H12ClFN2O3S. The average molecular weight is 367 g/mol. The highest BCUT2D eigenvalue weighted by Gasteiger charge is 2.19. The van der Waals surface area contributed by atoms with Crippen LogP contribution in [-0.2, 0) is 11.3 Å². The second-order valence-electron chi connectivity index (χ2n) is 4.93. The average Bonchev–Trinajstić information content (AvgIpc) is 2.98. The predicted molar refractivity (Wildman–Crippen MR) is 90.3 cm³/mol. The van der Waals surface area contributed by atoms with Crippen LogP contribution in [0, 0.1) is 5.82 Å². The van der Waals surface area contributed by atoms with Crippen molar-refractivity contribution in [1.29, 1.82) is 0 Å². The quantitative estimate of drug-likeness (QED) is 0.663. The number of aromatic nitrogens is 2. The van der Waals surface area contributed by atoms with E-state index in [1.165, 1.54) is 39.7 Å². The molecule has 0 fully saturated rings. The molecule has 3 aromatic rings. The summed E-state index contributed by atoms with van der Waals surface area (Å²) in [5.74, 6) is -1.09. The Morgan fingerprint density at radius 3 is 2.96 bits per heavy atom. The van der Waals surface area contributed by atoms with Crippen LogP contribution in [0.3, 0.4) is 0 Å². The normalized spacial score (nSPS) is 11.0. The molecule has 2 aromatic heterocycles. The van der Waals surface area contributed by atoms with Crippen LogP contribution in [0.1, 0.15) is 22.8 Å². The molecule has 2 heterocycles. The van der Waals surface area contributed by atoms with Gasteiger partial charge >= 0.3 is 5.97 Å². The number of thiophene rings is 1. The second kappa shape index (κ2) is 6.70. The molecule has 0 spiro atoms. The highest BCUT2D eigenvalue weighted by atomic mass is 35.5. The van der Waals surface area contributed by atoms with E-state index in [4.69, 9.17) is 16.3 Å². The van der Waals surface area contributed by atoms with E-state index in [1.807, 2.05) is 0 Å². The molecule has 8 heteroatoms. The van der Waals surface area contributed by atoms with E-state index >= 15 is 0 Å². The summed E-state index contributed by atoms with van der Waals surface area (Å²) >= 11 is 7.18. The summed E-state index contributed by atoms with van der Waals surface area (Å²) in [6, 6.07) is 4.31. The number of hydrogen-bond acceptors (Lipinski definition) is 5. The van der Waals surface area contributed by atoms with Gasteiger partial charge in [-0.1, -0.05) is 17.7 Å². The maximum Gasteiger partial charge on any atom is 0.339 e. The number of esters is 1. The smallest absolute Gasteiger partial charge is 0.339 e. The van der Waals surface area contributed by atoms with Gasteiger partial charge < -0.3 is 4.74 Å². The van der Waals surface area contributed by atoms with Gasteiger partial charge in [-0.2, -0.15) is 0 Å². The van der Waals surface area contributed by atoms with Gasteiger partial charge in [-0.05, 0) is 19.1 Å². The van der Waals surface area contributed by atoms with Gasteiger partial charge in [0.25, 0.3) is 5.56 Å². The zero-order valence-electron chi connectivity index (χ0n) is 12.6. The molecule has 0 atom stereocenters. The minimum atomic E-state index is -0.579. The lowest BCUT2D eigenvalue weighted by atomic mass is 10.2. The SMILES string of the molecule is CCOC(=O)c1csc2ncn(Cc3c(F)cccc3Cl)c(=O)c12. The first kappa shape index (κ1) is 16.6. The third-order valence-corrected chi connectivity index (χ3v) is 4.69. The van der Waals surface area contributed by atoms with Gasteiger partial charge in [-0.3, -0.25) is 9.36 Å². The Hall–Kier alpha value is -2.25. The van der Waals surface area contributed by atoms with Crippen LogP contribution in [0.15, 0.2) is 34.7 Å². The van der Waals surface area contributed by atoms with Gasteiger partial charge in [0.2, 0.25) is 0 Å². The number of hydrogen-bond donors (Lipinski definition) is 0. The van der Waals surface area contributed by atoms with Gasteiger partial charge in [-0.25, -0.2) is 14.2 Å². The molecule has 0 bridgehead atoms. The van der Waals surface area contributed by atoms with E-state index in [9.17, 15) is 14.0 Å². The molecule has 1 aromatic carbocycles. The van der Waals surface area contributed by atoms with Gasteiger partial charge in [0.1, 0.15) is 10.6 Å². The van der Waals surface area contributed by atoms with Crippen molar-refractivity contribution in [2.75, 3.05) is 6.61 Å². The Kier molecular flexibility index (Phi) is 4.64. The summed E-state index contributed by atoms with van der Waals surface area (Å²) < 4.78 is 20.1. The second-order valence-corrected chi connectivity index (χ2v) is 6.19. The van der Waals surface area contributed by atoms with E-state index in [1.54, 1.807) is 13.0 Å². The number of benzene rings is 1. The van der Waals surface area contributed by atoms with Crippen molar-refractivity contribution in [3.05, 3.63) is 62.2 Å². The topological polar surface area (TPSA) is 61.2 Å². The first-order chi connectivity index (χ1) is 11.5. The monoisotopic (exact) mass is 366 g/mol. The van der Waals surface area contributed by atoms with Crippen LogP contribution in [0.4, 0.5) is 4.39 Å². The van der Waals surface area contributed by atoms with Gasteiger partial charge in [-0.15, -0.1) is 11.3 Å². The van der Waals surface area contributed by atoms with E-state index in [0.717, 1.165) is 0 Å². The highest BCUT2D eigenvalue weighted by Crippen LogP contribution is 2.23. The summed E-state index contributed by atoms with van der Waals surface area (Å²) in [6.45, 7) is 1.81. The molecule has 0 radical (unpaired) electrons. The van der Waals surface area contributed by atoms with E-state index in [2.05, 4.69) is 4.98 Å². The molecule has 0 saturated heterocycles. The van der Waals surface area contributed by atoms with Crippen LogP contribution < -0.4 is 5.56 Å². The zero-order valence-corrected chi connectivity index (χ0v) is 14.2. The fourth-order valence-corrected chi connectivity index (χ4v) is 3.38. The Morgan fingerprint density at radius 2 is 2.25 bits per heavy atom. The summed E-state index contributed by atoms with van der Waals surface area (Å²) in [5.41, 5.74) is -0.0812. The Bertz CT molecular complexity index is 963. The van der Waals surface area contributed by atoms with Gasteiger partial charge in [0.15, 0.2) is 0 Å². The van der Waals surface area contributed by atoms with Gasteiger partial charge in [0, 0.05) is 16.0 Å². The zero-order chi connectivity index (χ0) is 17.3. The molecule has 3 rings (SSSR count). The molecule has 5 nitrogen and oxygen atoms in total. The van der Waals surface area contributed by atoms with Crippen molar-refractivity contribution < 1.29 is 13.9 Å². The first-order valence-corrected chi connectivity index (χ1v) is 8.35. The maximum atomic E-state index is 13.9. The van der Waals surface area contributed by atoms with Crippen molar-refractivity contribution in [1.82, 2.24) is 9.55 Å². The molecule has 124 valence electrons. The maximum absolute atomic E-state index is 13.9. The highest BCUT2D eigenvalue weighted by molar-refractivity contribution is 7.17. The van der Waals surface area contributed by atoms with Crippen molar-refractivity contribution in [3.8, 4) is 0 Å². The number of carbonyl (C=O) groups is 1. The molecule has 0 aliphatic heterocycles. The number of carbonyl (C=O) groups excluding carboxylic acids is 1. The molecule has 0 aliphatic rings. The summed E-state index contributed by atoms with van der Waals surface area (Å²) in [4.78, 5) is 29.3. The fourth-order valence-electron chi connectivity index (χ4n) is 2.29.